The Balaban J connectivity index is 1.82. The van der Waals surface area contributed by atoms with Gasteiger partial charge in [0.15, 0.2) is 0 Å². The second kappa shape index (κ2) is 5.60. The van der Waals surface area contributed by atoms with Crippen LogP contribution in [-0.4, -0.2) is 17.9 Å². The molecule has 2 aromatic carbocycles. The van der Waals surface area contributed by atoms with Gasteiger partial charge in [-0.2, -0.15) is 0 Å². The molecule has 22 heavy (non-hydrogen) atoms. The van der Waals surface area contributed by atoms with E-state index in [2.05, 4.69) is 5.32 Å². The molecule has 1 N–H and O–H groups in total. The number of imide groups is 1. The maximum Gasteiger partial charge on any atom is 0.256 e. The average molecular weight is 298 g/mol. The van der Waals surface area contributed by atoms with Crippen LogP contribution in [0.3, 0.4) is 0 Å². The maximum absolute atomic E-state index is 13.3. The Kier molecular flexibility index (Phi) is 3.63. The van der Waals surface area contributed by atoms with E-state index in [4.69, 9.17) is 0 Å². The summed E-state index contributed by atoms with van der Waals surface area (Å²) in [6, 6.07) is 12.4. The summed E-state index contributed by atoms with van der Waals surface area (Å²) in [4.78, 5) is 25.6. The average Bonchev–Trinajstić information content (AvgIpc) is 2.73. The second-order valence-electron chi connectivity index (χ2n) is 5.32. The van der Waals surface area contributed by atoms with Gasteiger partial charge in [0.1, 0.15) is 11.9 Å². The molecule has 0 aromatic heterocycles. The first-order chi connectivity index (χ1) is 10.5. The third-order valence-corrected chi connectivity index (χ3v) is 3.57. The zero-order valence-electron chi connectivity index (χ0n) is 12.0. The summed E-state index contributed by atoms with van der Waals surface area (Å²) in [7, 11) is 0. The summed E-state index contributed by atoms with van der Waals surface area (Å²) in [6.45, 7) is 1.95. The lowest BCUT2D eigenvalue weighted by Crippen LogP contribution is -2.34. The number of hydrogen-bond donors (Lipinski definition) is 1. The van der Waals surface area contributed by atoms with Gasteiger partial charge in [-0.05, 0) is 42.8 Å². The van der Waals surface area contributed by atoms with Crippen LogP contribution in [0.25, 0.3) is 0 Å². The van der Waals surface area contributed by atoms with Gasteiger partial charge in [-0.3, -0.25) is 9.59 Å². The molecule has 0 bridgehead atoms. The molecule has 0 unspecified atom stereocenters. The van der Waals surface area contributed by atoms with Crippen molar-refractivity contribution in [1.82, 2.24) is 0 Å². The Morgan fingerprint density at radius 3 is 2.64 bits per heavy atom. The minimum atomic E-state index is -0.627. The number of nitrogens with one attached hydrogen (secondary N) is 1. The summed E-state index contributed by atoms with van der Waals surface area (Å²) in [5.41, 5.74) is 2.11. The van der Waals surface area contributed by atoms with Crippen molar-refractivity contribution in [3.05, 3.63) is 59.9 Å². The van der Waals surface area contributed by atoms with Crippen molar-refractivity contribution >= 4 is 23.2 Å². The molecule has 0 radical (unpaired) electrons. The molecule has 1 heterocycles. The topological polar surface area (TPSA) is 49.4 Å². The van der Waals surface area contributed by atoms with Gasteiger partial charge in [-0.15, -0.1) is 0 Å². The molecule has 0 saturated carbocycles. The second-order valence-corrected chi connectivity index (χ2v) is 5.32. The van der Waals surface area contributed by atoms with Crippen LogP contribution in [0, 0.1) is 12.7 Å². The van der Waals surface area contributed by atoms with E-state index in [1.807, 2.05) is 31.2 Å². The summed E-state index contributed by atoms with van der Waals surface area (Å²) >= 11 is 0. The van der Waals surface area contributed by atoms with Crippen molar-refractivity contribution in [1.29, 1.82) is 0 Å². The van der Waals surface area contributed by atoms with E-state index in [0.29, 0.717) is 0 Å². The van der Waals surface area contributed by atoms with Crippen LogP contribution in [0.5, 0.6) is 0 Å². The zero-order chi connectivity index (χ0) is 15.7. The molecule has 2 amide bonds. The number of carbonyl (C=O) groups is 2. The lowest BCUT2D eigenvalue weighted by atomic mass is 10.2. The first-order valence-electron chi connectivity index (χ1n) is 7.00. The quantitative estimate of drug-likeness (QED) is 0.886. The molecule has 1 fully saturated rings. The van der Waals surface area contributed by atoms with Gasteiger partial charge >= 0.3 is 0 Å². The Labute approximate surface area is 127 Å². The van der Waals surface area contributed by atoms with Crippen molar-refractivity contribution in [3.8, 4) is 0 Å². The lowest BCUT2D eigenvalue weighted by Gasteiger charge is -2.16. The van der Waals surface area contributed by atoms with Crippen molar-refractivity contribution in [2.45, 2.75) is 19.4 Å². The molecule has 0 aliphatic carbocycles. The maximum atomic E-state index is 13.3. The number of hydrogen-bond acceptors (Lipinski definition) is 3. The highest BCUT2D eigenvalue weighted by atomic mass is 19.1. The monoisotopic (exact) mass is 298 g/mol. The molecule has 3 rings (SSSR count). The predicted octanol–water partition coefficient (Wildman–Crippen LogP) is 2.88. The van der Waals surface area contributed by atoms with E-state index in [0.717, 1.165) is 16.2 Å². The summed E-state index contributed by atoms with van der Waals surface area (Å²) in [5, 5.41) is 3.07. The largest absolute Gasteiger partial charge is 0.373 e. The highest BCUT2D eigenvalue weighted by Gasteiger charge is 2.39. The Morgan fingerprint density at radius 1 is 1.14 bits per heavy atom. The Hall–Kier alpha value is -2.69. The normalized spacial score (nSPS) is 17.9. The first-order valence-corrected chi connectivity index (χ1v) is 7.00. The summed E-state index contributed by atoms with van der Waals surface area (Å²) < 4.78 is 13.3. The number of amides is 2. The number of rotatable bonds is 3. The van der Waals surface area contributed by atoms with Crippen LogP contribution in [-0.2, 0) is 9.59 Å². The molecule has 0 spiro atoms. The van der Waals surface area contributed by atoms with Crippen LogP contribution >= 0.6 is 0 Å². The van der Waals surface area contributed by atoms with E-state index in [9.17, 15) is 14.0 Å². The molecule has 4 nitrogen and oxygen atoms in total. The Morgan fingerprint density at radius 2 is 1.91 bits per heavy atom. The van der Waals surface area contributed by atoms with Crippen LogP contribution in [0.1, 0.15) is 12.0 Å². The molecule has 1 aliphatic heterocycles. The number of nitrogens with zero attached hydrogens (tertiary/aromatic N) is 1. The fourth-order valence-corrected chi connectivity index (χ4v) is 2.57. The molecule has 1 atom stereocenters. The van der Waals surface area contributed by atoms with E-state index in [1.165, 1.54) is 18.2 Å². The van der Waals surface area contributed by atoms with E-state index >= 15 is 0 Å². The van der Waals surface area contributed by atoms with Crippen molar-refractivity contribution in [3.63, 3.8) is 0 Å². The van der Waals surface area contributed by atoms with Gasteiger partial charge in [-0.1, -0.05) is 18.2 Å². The van der Waals surface area contributed by atoms with E-state index in [-0.39, 0.29) is 23.9 Å². The zero-order valence-corrected chi connectivity index (χ0v) is 12.0. The van der Waals surface area contributed by atoms with E-state index in [1.54, 1.807) is 6.07 Å². The lowest BCUT2D eigenvalue weighted by molar-refractivity contribution is -0.121. The number of carbonyl (C=O) groups excluding carboxylic acids is 2. The third-order valence-electron chi connectivity index (χ3n) is 3.57. The van der Waals surface area contributed by atoms with Crippen LogP contribution in [0.2, 0.25) is 0 Å². The van der Waals surface area contributed by atoms with E-state index < -0.39 is 11.9 Å². The highest BCUT2D eigenvalue weighted by Crippen LogP contribution is 2.25. The first kappa shape index (κ1) is 14.3. The van der Waals surface area contributed by atoms with Crippen molar-refractivity contribution < 1.29 is 14.0 Å². The minimum Gasteiger partial charge on any atom is -0.373 e. The molecule has 112 valence electrons. The van der Waals surface area contributed by atoms with Crippen LogP contribution < -0.4 is 10.2 Å². The molecule has 5 heteroatoms. The smallest absolute Gasteiger partial charge is 0.256 e. The summed E-state index contributed by atoms with van der Waals surface area (Å²) in [6.07, 6.45) is 0.0588. The molecular formula is C17H15FN2O2. The fraction of sp³-hybridized carbons (Fsp3) is 0.176. The third kappa shape index (κ3) is 2.70. The standard InChI is InChI=1S/C17H15FN2O2/c1-11-4-2-6-13(8-11)19-15-10-16(21)20(17(15)22)14-7-3-5-12(18)9-14/h2-9,15,19H,10H2,1H3/t15-/m1/s1. The van der Waals surface area contributed by atoms with Gasteiger partial charge in [0, 0.05) is 5.69 Å². The number of benzene rings is 2. The SMILES string of the molecule is Cc1cccc(N[C@@H]2CC(=O)N(c3cccc(F)c3)C2=O)c1. The van der Waals surface area contributed by atoms with Gasteiger partial charge in [-0.25, -0.2) is 9.29 Å². The fourth-order valence-electron chi connectivity index (χ4n) is 2.57. The van der Waals surface area contributed by atoms with Gasteiger partial charge in [0.05, 0.1) is 12.1 Å². The van der Waals surface area contributed by atoms with Crippen LogP contribution in [0.4, 0.5) is 15.8 Å². The molecule has 2 aromatic rings. The molecule has 1 saturated heterocycles. The molecular weight excluding hydrogens is 283 g/mol. The Bertz CT molecular complexity index is 745. The highest BCUT2D eigenvalue weighted by molar-refractivity contribution is 6.23. The van der Waals surface area contributed by atoms with Crippen molar-refractivity contribution in [2.24, 2.45) is 0 Å². The van der Waals surface area contributed by atoms with Gasteiger partial charge in [0.2, 0.25) is 5.91 Å². The molecule has 1 aliphatic rings. The van der Waals surface area contributed by atoms with Gasteiger partial charge < -0.3 is 5.32 Å². The number of aryl methyl sites for hydroxylation is 1. The number of anilines is 2. The van der Waals surface area contributed by atoms with Crippen molar-refractivity contribution in [2.75, 3.05) is 10.2 Å². The van der Waals surface area contributed by atoms with Crippen LogP contribution in [0.15, 0.2) is 48.5 Å². The minimum absolute atomic E-state index is 0.0588. The summed E-state index contributed by atoms with van der Waals surface area (Å²) in [5.74, 6) is -1.17. The van der Waals surface area contributed by atoms with Gasteiger partial charge in [0.25, 0.3) is 5.91 Å². The number of halogens is 1. The predicted molar refractivity (Wildman–Crippen MR) is 82.1 cm³/mol.